The predicted molar refractivity (Wildman–Crippen MR) is 77.9 cm³/mol. The van der Waals surface area contributed by atoms with Crippen LogP contribution in [0.3, 0.4) is 0 Å². The lowest BCUT2D eigenvalue weighted by atomic mass is 10.2. The molecule has 4 nitrogen and oxygen atoms in total. The van der Waals surface area contributed by atoms with Crippen LogP contribution in [0.5, 0.6) is 5.75 Å². The third-order valence-electron chi connectivity index (χ3n) is 3.11. The highest BCUT2D eigenvalue weighted by molar-refractivity contribution is 7.71. The molecule has 0 bridgehead atoms. The largest absolute Gasteiger partial charge is 0.483 e. The smallest absolute Gasteiger partial charge is 0.195 e. The molecule has 2 rings (SSSR count). The Kier molecular flexibility index (Phi) is 4.37. The molecule has 1 aromatic carbocycles. The molecule has 1 N–H and O–H groups in total. The fourth-order valence-corrected chi connectivity index (χ4v) is 2.27. The van der Waals surface area contributed by atoms with Crippen molar-refractivity contribution in [1.82, 2.24) is 14.8 Å². The highest BCUT2D eigenvalue weighted by atomic mass is 32.1. The summed E-state index contributed by atoms with van der Waals surface area (Å²) in [6, 6.07) is 8.15. The van der Waals surface area contributed by atoms with Gasteiger partial charge in [0.2, 0.25) is 0 Å². The number of ether oxygens (including phenoxy) is 1. The quantitative estimate of drug-likeness (QED) is 0.848. The van der Waals surface area contributed by atoms with Crippen LogP contribution in [-0.2, 0) is 13.0 Å². The minimum Gasteiger partial charge on any atom is -0.483 e. The van der Waals surface area contributed by atoms with E-state index >= 15 is 0 Å². The molecule has 0 aliphatic rings. The standard InChI is InChI=1S/C14H19N3OS/c1-4-11-6-8-12(9-7-11)18-10(3)13-15-16-14(19)17(13)5-2/h6-10H,4-5H2,1-3H3,(H,16,19)/t10-/m1/s1. The number of nitrogens with zero attached hydrogens (tertiary/aromatic N) is 2. The Bertz CT molecular complexity index is 585. The molecule has 1 atom stereocenters. The molecule has 0 aliphatic heterocycles. The molecule has 0 fully saturated rings. The molecule has 102 valence electrons. The molecule has 0 saturated carbocycles. The molecule has 0 saturated heterocycles. The van der Waals surface area contributed by atoms with Gasteiger partial charge in [-0.15, -0.1) is 0 Å². The molecule has 0 amide bonds. The predicted octanol–water partition coefficient (Wildman–Crippen LogP) is 3.66. The number of benzene rings is 1. The lowest BCUT2D eigenvalue weighted by molar-refractivity contribution is 0.210. The highest BCUT2D eigenvalue weighted by Gasteiger charge is 2.14. The minimum atomic E-state index is -0.139. The van der Waals surface area contributed by atoms with Crippen molar-refractivity contribution in [3.8, 4) is 5.75 Å². The average Bonchev–Trinajstić information content (AvgIpc) is 2.80. The van der Waals surface area contributed by atoms with E-state index in [4.69, 9.17) is 17.0 Å². The van der Waals surface area contributed by atoms with E-state index in [-0.39, 0.29) is 6.10 Å². The summed E-state index contributed by atoms with van der Waals surface area (Å²) in [5.74, 6) is 1.67. The van der Waals surface area contributed by atoms with Crippen molar-refractivity contribution in [3.05, 3.63) is 40.4 Å². The maximum atomic E-state index is 5.91. The molecular weight excluding hydrogens is 258 g/mol. The summed E-state index contributed by atoms with van der Waals surface area (Å²) in [7, 11) is 0. The zero-order chi connectivity index (χ0) is 13.8. The van der Waals surface area contributed by atoms with E-state index < -0.39 is 0 Å². The van der Waals surface area contributed by atoms with Gasteiger partial charge < -0.3 is 9.30 Å². The van der Waals surface area contributed by atoms with Crippen molar-refractivity contribution >= 4 is 12.2 Å². The van der Waals surface area contributed by atoms with Crippen molar-refractivity contribution in [2.24, 2.45) is 0 Å². The van der Waals surface area contributed by atoms with Gasteiger partial charge >= 0.3 is 0 Å². The van der Waals surface area contributed by atoms with Gasteiger partial charge in [0.25, 0.3) is 0 Å². The van der Waals surface area contributed by atoms with Crippen molar-refractivity contribution in [3.63, 3.8) is 0 Å². The van der Waals surface area contributed by atoms with Gasteiger partial charge in [0, 0.05) is 6.54 Å². The number of aryl methyl sites for hydroxylation is 1. The number of aromatic nitrogens is 3. The van der Waals surface area contributed by atoms with Gasteiger partial charge in [-0.2, -0.15) is 5.10 Å². The number of rotatable bonds is 5. The number of H-pyrrole nitrogens is 1. The SMILES string of the molecule is CCc1ccc(O[C@H](C)c2n[nH]c(=S)n2CC)cc1. The van der Waals surface area contributed by atoms with Crippen LogP contribution >= 0.6 is 12.2 Å². The second kappa shape index (κ2) is 6.02. The van der Waals surface area contributed by atoms with E-state index in [0.717, 1.165) is 24.5 Å². The minimum absolute atomic E-state index is 0.139. The van der Waals surface area contributed by atoms with E-state index in [1.54, 1.807) is 0 Å². The molecule has 19 heavy (non-hydrogen) atoms. The summed E-state index contributed by atoms with van der Waals surface area (Å²) in [6.07, 6.45) is 0.894. The van der Waals surface area contributed by atoms with Gasteiger partial charge in [0.1, 0.15) is 5.75 Å². The van der Waals surface area contributed by atoms with Crippen molar-refractivity contribution < 1.29 is 4.74 Å². The van der Waals surface area contributed by atoms with Crippen LogP contribution in [-0.4, -0.2) is 14.8 Å². The van der Waals surface area contributed by atoms with Crippen molar-refractivity contribution in [1.29, 1.82) is 0 Å². The zero-order valence-corrected chi connectivity index (χ0v) is 12.3. The third-order valence-corrected chi connectivity index (χ3v) is 3.42. The van der Waals surface area contributed by atoms with E-state index in [1.165, 1.54) is 5.56 Å². The Labute approximate surface area is 118 Å². The van der Waals surface area contributed by atoms with Crippen LogP contribution in [0, 0.1) is 4.77 Å². The molecule has 5 heteroatoms. The van der Waals surface area contributed by atoms with Gasteiger partial charge in [-0.3, -0.25) is 5.10 Å². The molecule has 1 aromatic heterocycles. The molecule has 2 aromatic rings. The Morgan fingerprint density at radius 2 is 2.00 bits per heavy atom. The Balaban J connectivity index is 2.15. The highest BCUT2D eigenvalue weighted by Crippen LogP contribution is 2.21. The first-order valence-corrected chi connectivity index (χ1v) is 6.97. The third kappa shape index (κ3) is 3.04. The molecule has 0 radical (unpaired) electrons. The molecule has 1 heterocycles. The first kappa shape index (κ1) is 13.8. The lowest BCUT2D eigenvalue weighted by Crippen LogP contribution is -2.11. The second-order valence-corrected chi connectivity index (χ2v) is 4.78. The number of hydrogen-bond acceptors (Lipinski definition) is 3. The van der Waals surface area contributed by atoms with Crippen LogP contribution in [0.2, 0.25) is 0 Å². The normalized spacial score (nSPS) is 12.4. The molecule has 0 aliphatic carbocycles. The van der Waals surface area contributed by atoms with Gasteiger partial charge in [0.05, 0.1) is 0 Å². The number of nitrogens with one attached hydrogen (secondary N) is 1. The van der Waals surface area contributed by atoms with Gasteiger partial charge in [-0.05, 0) is 50.2 Å². The molecular formula is C14H19N3OS. The zero-order valence-electron chi connectivity index (χ0n) is 11.5. The first-order valence-electron chi connectivity index (χ1n) is 6.56. The van der Waals surface area contributed by atoms with Crippen LogP contribution in [0.4, 0.5) is 0 Å². The maximum absolute atomic E-state index is 5.91. The summed E-state index contributed by atoms with van der Waals surface area (Å²) < 4.78 is 8.48. The van der Waals surface area contributed by atoms with E-state index in [1.807, 2.05) is 30.5 Å². The van der Waals surface area contributed by atoms with Crippen LogP contribution in [0.15, 0.2) is 24.3 Å². The van der Waals surface area contributed by atoms with E-state index in [2.05, 4.69) is 29.3 Å². The monoisotopic (exact) mass is 277 g/mol. The van der Waals surface area contributed by atoms with Crippen LogP contribution < -0.4 is 4.74 Å². The van der Waals surface area contributed by atoms with E-state index in [0.29, 0.717) is 4.77 Å². The Hall–Kier alpha value is -1.62. The summed E-state index contributed by atoms with van der Waals surface area (Å²) in [6.45, 7) is 6.94. The summed E-state index contributed by atoms with van der Waals surface area (Å²) in [4.78, 5) is 0. The van der Waals surface area contributed by atoms with Crippen molar-refractivity contribution in [2.75, 3.05) is 0 Å². The Morgan fingerprint density at radius 3 is 2.58 bits per heavy atom. The summed E-state index contributed by atoms with van der Waals surface area (Å²) in [5.41, 5.74) is 1.30. The average molecular weight is 277 g/mol. The van der Waals surface area contributed by atoms with Crippen LogP contribution in [0.25, 0.3) is 0 Å². The van der Waals surface area contributed by atoms with Gasteiger partial charge in [-0.25, -0.2) is 0 Å². The lowest BCUT2D eigenvalue weighted by Gasteiger charge is -2.15. The topological polar surface area (TPSA) is 42.8 Å². The fourth-order valence-electron chi connectivity index (χ4n) is 2.01. The fraction of sp³-hybridized carbons (Fsp3) is 0.429. The van der Waals surface area contributed by atoms with Crippen LogP contribution in [0.1, 0.15) is 38.3 Å². The first-order chi connectivity index (χ1) is 9.15. The summed E-state index contributed by atoms with van der Waals surface area (Å²) in [5, 5.41) is 7.05. The van der Waals surface area contributed by atoms with Crippen molar-refractivity contribution in [2.45, 2.75) is 39.8 Å². The Morgan fingerprint density at radius 1 is 1.32 bits per heavy atom. The molecule has 0 spiro atoms. The van der Waals surface area contributed by atoms with Gasteiger partial charge in [0.15, 0.2) is 16.7 Å². The second-order valence-electron chi connectivity index (χ2n) is 4.39. The van der Waals surface area contributed by atoms with Gasteiger partial charge in [-0.1, -0.05) is 19.1 Å². The van der Waals surface area contributed by atoms with E-state index in [9.17, 15) is 0 Å². The number of hydrogen-bond donors (Lipinski definition) is 1. The summed E-state index contributed by atoms with van der Waals surface area (Å²) >= 11 is 5.18. The number of aromatic amines is 1. The maximum Gasteiger partial charge on any atom is 0.195 e. The molecule has 0 unspecified atom stereocenters.